The van der Waals surface area contributed by atoms with Crippen LogP contribution in [0, 0.1) is 0 Å². The van der Waals surface area contributed by atoms with Gasteiger partial charge in [0.1, 0.15) is 18.3 Å². The standard InChI is InChI=1S/C29H45ClN5O10PS/c1-16(46(38,44-27(2,3)4)45-28(5,6)7)47(39,40)15-19-20-21(43-29(8,9)42-20)24(41-19)35-23-18(14-31-35)22(32-25(30)33-23)34(26(36)37)17-12-10-11-13-17/h14,16-17,19-21,24H,10-13,15H2,1-9H3,(H,36,37)/t16-,19+,20+,21+,24+/m0/s1. The minimum Gasteiger partial charge on any atom is -0.465 e. The third kappa shape index (κ3) is 7.64. The zero-order valence-electron chi connectivity index (χ0n) is 28.2. The number of nitrogens with zero attached hydrogens (tertiary/aromatic N) is 5. The Labute approximate surface area is 280 Å². The second kappa shape index (κ2) is 12.4. The Morgan fingerprint density at radius 1 is 1.13 bits per heavy atom. The highest BCUT2D eigenvalue weighted by molar-refractivity contribution is 7.98. The Balaban J connectivity index is 1.50. The number of hydrogen-bond donors (Lipinski definition) is 1. The van der Waals surface area contributed by atoms with Crippen LogP contribution < -0.4 is 4.90 Å². The molecule has 2 aromatic rings. The molecule has 5 atom stereocenters. The number of anilines is 1. The number of aromatic nitrogens is 4. The van der Waals surface area contributed by atoms with Crippen LogP contribution in [-0.2, 0) is 37.7 Å². The molecule has 5 rings (SSSR count). The van der Waals surface area contributed by atoms with Gasteiger partial charge in [-0.1, -0.05) is 12.8 Å². The van der Waals surface area contributed by atoms with Crippen molar-refractivity contribution in [3.8, 4) is 0 Å². The summed E-state index contributed by atoms with van der Waals surface area (Å²) in [4.78, 5) is 20.7. The molecule has 1 amide bonds. The fourth-order valence-electron chi connectivity index (χ4n) is 6.32. The van der Waals surface area contributed by atoms with E-state index in [9.17, 15) is 22.9 Å². The van der Waals surface area contributed by atoms with E-state index in [0.717, 1.165) is 12.8 Å². The molecule has 1 saturated carbocycles. The first-order valence-electron chi connectivity index (χ1n) is 15.7. The molecule has 0 radical (unpaired) electrons. The molecule has 2 saturated heterocycles. The Kier molecular flexibility index (Phi) is 9.63. The van der Waals surface area contributed by atoms with Gasteiger partial charge in [-0.3, -0.25) is 9.46 Å². The number of sulfone groups is 1. The summed E-state index contributed by atoms with van der Waals surface area (Å²) in [5.74, 6) is -1.59. The van der Waals surface area contributed by atoms with E-state index in [2.05, 4.69) is 15.1 Å². The normalized spacial score (nSPS) is 26.2. The highest BCUT2D eigenvalue weighted by Gasteiger charge is 2.58. The smallest absolute Gasteiger partial charge is 0.413 e. The maximum atomic E-state index is 14.1. The topological polar surface area (TPSA) is 181 Å². The average molecular weight is 722 g/mol. The summed E-state index contributed by atoms with van der Waals surface area (Å²) in [5.41, 5.74) is -1.75. The average Bonchev–Trinajstić information content (AvgIpc) is 3.66. The monoisotopic (exact) mass is 721 g/mol. The number of fused-ring (bicyclic) bond motifs is 2. The third-order valence-electron chi connectivity index (χ3n) is 8.06. The second-order valence-corrected chi connectivity index (χ2v) is 20.0. The highest BCUT2D eigenvalue weighted by atomic mass is 35.5. The van der Waals surface area contributed by atoms with Gasteiger partial charge >= 0.3 is 13.7 Å². The van der Waals surface area contributed by atoms with Crippen molar-refractivity contribution in [3.63, 3.8) is 0 Å². The lowest BCUT2D eigenvalue weighted by Gasteiger charge is -2.35. The summed E-state index contributed by atoms with van der Waals surface area (Å²) in [6.45, 7) is 14.7. The summed E-state index contributed by atoms with van der Waals surface area (Å²) < 4.78 is 73.8. The zero-order valence-corrected chi connectivity index (χ0v) is 30.6. The van der Waals surface area contributed by atoms with Gasteiger partial charge < -0.3 is 28.4 Å². The fourth-order valence-corrected chi connectivity index (χ4v) is 11.4. The van der Waals surface area contributed by atoms with E-state index < -0.39 is 75.8 Å². The fraction of sp³-hybridized carbons (Fsp3) is 0.793. The van der Waals surface area contributed by atoms with E-state index in [1.807, 2.05) is 0 Å². The number of carbonyl (C=O) groups is 1. The maximum Gasteiger partial charge on any atom is 0.413 e. The molecular formula is C29H45ClN5O10PS. The summed E-state index contributed by atoms with van der Waals surface area (Å²) in [6, 6.07) is -0.276. The molecule has 0 aromatic carbocycles. The van der Waals surface area contributed by atoms with Gasteiger partial charge in [0.05, 0.1) is 28.5 Å². The molecule has 0 unspecified atom stereocenters. The Hall–Kier alpha value is -1.91. The number of ether oxygens (including phenoxy) is 3. The summed E-state index contributed by atoms with van der Waals surface area (Å²) in [5, 5.41) is 14.8. The van der Waals surface area contributed by atoms with Crippen molar-refractivity contribution in [1.29, 1.82) is 0 Å². The summed E-state index contributed by atoms with van der Waals surface area (Å²) >= 11 is 6.35. The molecule has 3 aliphatic rings. The lowest BCUT2D eigenvalue weighted by molar-refractivity contribution is -0.195. The van der Waals surface area contributed by atoms with Crippen LogP contribution in [0.2, 0.25) is 5.28 Å². The molecule has 47 heavy (non-hydrogen) atoms. The van der Waals surface area contributed by atoms with Gasteiger partial charge in [-0.05, 0) is 86.8 Å². The van der Waals surface area contributed by atoms with E-state index in [4.69, 9.17) is 34.9 Å². The molecular weight excluding hydrogens is 677 g/mol. The number of halogens is 1. The van der Waals surface area contributed by atoms with Gasteiger partial charge in [0.15, 0.2) is 38.3 Å². The SMILES string of the molecule is C[C@@H](P(=O)(OC(C)(C)C)OC(C)(C)C)S(=O)(=O)C[C@H]1O[C@@H](n2ncc3c(N(C(=O)O)C4CCCC4)nc(Cl)nc32)[C@@H]2OC(C)(C)O[C@@H]21. The maximum absolute atomic E-state index is 14.1. The molecule has 4 heterocycles. The van der Waals surface area contributed by atoms with Crippen molar-refractivity contribution in [2.45, 2.75) is 141 Å². The van der Waals surface area contributed by atoms with E-state index >= 15 is 0 Å². The first-order chi connectivity index (χ1) is 21.5. The zero-order chi connectivity index (χ0) is 34.9. The Morgan fingerprint density at radius 3 is 2.26 bits per heavy atom. The van der Waals surface area contributed by atoms with Gasteiger partial charge in [-0.25, -0.2) is 17.9 Å². The van der Waals surface area contributed by atoms with Crippen molar-refractivity contribution in [3.05, 3.63) is 11.5 Å². The molecule has 1 N–H and O–H groups in total. The number of rotatable bonds is 9. The van der Waals surface area contributed by atoms with Crippen LogP contribution in [0.4, 0.5) is 10.6 Å². The molecule has 2 aromatic heterocycles. The van der Waals surface area contributed by atoms with Crippen molar-refractivity contribution in [2.24, 2.45) is 0 Å². The first-order valence-corrected chi connectivity index (χ1v) is 19.4. The summed E-state index contributed by atoms with van der Waals surface area (Å²) in [6.07, 6.45) is -0.413. The van der Waals surface area contributed by atoms with Crippen LogP contribution >= 0.6 is 19.2 Å². The van der Waals surface area contributed by atoms with E-state index in [-0.39, 0.29) is 22.8 Å². The molecule has 0 bridgehead atoms. The van der Waals surface area contributed by atoms with E-state index in [1.54, 1.807) is 55.4 Å². The van der Waals surface area contributed by atoms with Gasteiger partial charge in [-0.15, -0.1) is 0 Å². The van der Waals surface area contributed by atoms with Gasteiger partial charge in [0.25, 0.3) is 0 Å². The molecule has 18 heteroatoms. The largest absolute Gasteiger partial charge is 0.465 e. The van der Waals surface area contributed by atoms with Crippen LogP contribution in [-0.4, -0.2) is 91.5 Å². The predicted molar refractivity (Wildman–Crippen MR) is 173 cm³/mol. The van der Waals surface area contributed by atoms with Gasteiger partial charge in [-0.2, -0.15) is 15.1 Å². The van der Waals surface area contributed by atoms with Crippen molar-refractivity contribution >= 4 is 52.0 Å². The summed E-state index contributed by atoms with van der Waals surface area (Å²) in [7, 11) is -8.46. The molecule has 264 valence electrons. The van der Waals surface area contributed by atoms with Crippen molar-refractivity contribution in [1.82, 2.24) is 19.7 Å². The van der Waals surface area contributed by atoms with Crippen LogP contribution in [0.5, 0.6) is 0 Å². The van der Waals surface area contributed by atoms with Gasteiger partial charge in [0.2, 0.25) is 5.28 Å². The predicted octanol–water partition coefficient (Wildman–Crippen LogP) is 5.91. The van der Waals surface area contributed by atoms with Crippen LogP contribution in [0.1, 0.15) is 94.2 Å². The molecule has 2 aliphatic heterocycles. The highest BCUT2D eigenvalue weighted by Crippen LogP contribution is 2.60. The number of amides is 1. The van der Waals surface area contributed by atoms with Crippen LogP contribution in [0.3, 0.4) is 0 Å². The minimum atomic E-state index is -4.24. The van der Waals surface area contributed by atoms with Crippen molar-refractivity contribution < 1.29 is 46.1 Å². The molecule has 0 spiro atoms. The molecule has 3 fully saturated rings. The van der Waals surface area contributed by atoms with Crippen LogP contribution in [0.25, 0.3) is 11.0 Å². The number of hydrogen-bond acceptors (Lipinski definition) is 12. The quantitative estimate of drug-likeness (QED) is 0.239. The Bertz CT molecular complexity index is 1650. The lowest BCUT2D eigenvalue weighted by Crippen LogP contribution is -2.39. The van der Waals surface area contributed by atoms with Crippen molar-refractivity contribution in [2.75, 3.05) is 10.7 Å². The van der Waals surface area contributed by atoms with E-state index in [1.165, 1.54) is 22.7 Å². The Morgan fingerprint density at radius 2 is 1.70 bits per heavy atom. The minimum absolute atomic E-state index is 0.102. The third-order valence-corrected chi connectivity index (χ3v) is 14.3. The molecule has 1 aliphatic carbocycles. The van der Waals surface area contributed by atoms with E-state index in [0.29, 0.717) is 18.2 Å². The second-order valence-electron chi connectivity index (χ2n) is 14.7. The first kappa shape index (κ1) is 36.4. The molecule has 15 nitrogen and oxygen atoms in total. The number of carboxylic acid groups (broad SMARTS) is 1. The lowest BCUT2D eigenvalue weighted by atomic mass is 10.1. The van der Waals surface area contributed by atoms with Gasteiger partial charge in [0, 0.05) is 6.04 Å². The van der Waals surface area contributed by atoms with Crippen LogP contribution in [0.15, 0.2) is 6.20 Å².